The lowest BCUT2D eigenvalue weighted by atomic mass is 9.86. The molecule has 0 aromatic rings. The first kappa shape index (κ1) is 14.1. The van der Waals surface area contributed by atoms with Gasteiger partial charge in [0.1, 0.15) is 0 Å². The van der Waals surface area contributed by atoms with Gasteiger partial charge in [0, 0.05) is 5.57 Å². The molecule has 104 valence electrons. The minimum atomic E-state index is -1.05. The summed E-state index contributed by atoms with van der Waals surface area (Å²) in [6.07, 6.45) is 11.5. The zero-order valence-electron chi connectivity index (χ0n) is 11.6. The minimum absolute atomic E-state index is 0.288. The summed E-state index contributed by atoms with van der Waals surface area (Å²) in [5.74, 6) is 3.26. The first-order valence-corrected chi connectivity index (χ1v) is 6.88. The van der Waals surface area contributed by atoms with Crippen molar-refractivity contribution in [3.8, 4) is 0 Å². The van der Waals surface area contributed by atoms with Crippen LogP contribution in [0.3, 0.4) is 0 Å². The average Bonchev–Trinajstić information content (AvgIpc) is 3.03. The van der Waals surface area contributed by atoms with E-state index < -0.39 is 12.3 Å². The largest absolute Gasteiger partial charge is 0.433 e. The molecule has 0 heterocycles. The summed E-state index contributed by atoms with van der Waals surface area (Å²) in [7, 11) is 0. The van der Waals surface area contributed by atoms with E-state index in [0.29, 0.717) is 0 Å². The Morgan fingerprint density at radius 3 is 2.58 bits per heavy atom. The standard InChI is InChI=1S/C10H12.C6H10O3/c1-2-9-7-4-5-8(6-7)10(9)3-1;1-4(2)6(8)9-5(3)7/h1-2,4-5,7-10H,3,6H2;5,7H,1H2,2-3H3. The van der Waals surface area contributed by atoms with Crippen LogP contribution in [-0.2, 0) is 9.53 Å². The Labute approximate surface area is 114 Å². The number of aliphatic hydroxyl groups is 1. The van der Waals surface area contributed by atoms with Gasteiger partial charge in [0.15, 0.2) is 6.29 Å². The van der Waals surface area contributed by atoms with Crippen molar-refractivity contribution in [1.82, 2.24) is 0 Å². The number of aliphatic hydroxyl groups excluding tert-OH is 1. The van der Waals surface area contributed by atoms with E-state index >= 15 is 0 Å². The molecule has 0 amide bonds. The van der Waals surface area contributed by atoms with E-state index in [1.165, 1.54) is 26.7 Å². The van der Waals surface area contributed by atoms with Crippen molar-refractivity contribution in [2.24, 2.45) is 23.7 Å². The molecule has 1 N–H and O–H groups in total. The van der Waals surface area contributed by atoms with Crippen molar-refractivity contribution >= 4 is 5.97 Å². The van der Waals surface area contributed by atoms with Gasteiger partial charge >= 0.3 is 5.97 Å². The van der Waals surface area contributed by atoms with Gasteiger partial charge in [0.25, 0.3) is 0 Å². The van der Waals surface area contributed by atoms with Crippen LogP contribution in [0, 0.1) is 23.7 Å². The maximum Gasteiger partial charge on any atom is 0.335 e. The Balaban J connectivity index is 0.000000142. The predicted octanol–water partition coefficient (Wildman–Crippen LogP) is 2.83. The molecular formula is C16H22O3. The van der Waals surface area contributed by atoms with E-state index in [1.807, 2.05) is 0 Å². The van der Waals surface area contributed by atoms with Crippen molar-refractivity contribution in [1.29, 1.82) is 0 Å². The van der Waals surface area contributed by atoms with Gasteiger partial charge in [0.05, 0.1) is 0 Å². The van der Waals surface area contributed by atoms with Crippen LogP contribution in [0.15, 0.2) is 36.5 Å². The molecule has 3 aliphatic carbocycles. The van der Waals surface area contributed by atoms with Crippen molar-refractivity contribution in [3.63, 3.8) is 0 Å². The first-order valence-electron chi connectivity index (χ1n) is 6.88. The molecule has 0 saturated heterocycles. The van der Waals surface area contributed by atoms with E-state index in [-0.39, 0.29) is 5.57 Å². The summed E-state index contributed by atoms with van der Waals surface area (Å²) in [5, 5.41) is 8.49. The number of carbonyl (C=O) groups excluding carboxylic acids is 1. The fraction of sp³-hybridized carbons (Fsp3) is 0.562. The third-order valence-corrected chi connectivity index (χ3v) is 4.08. The molecule has 3 heteroatoms. The van der Waals surface area contributed by atoms with Crippen LogP contribution in [0.5, 0.6) is 0 Å². The number of hydrogen-bond donors (Lipinski definition) is 1. The number of esters is 1. The normalized spacial score (nSPS) is 34.5. The number of fused-ring (bicyclic) bond motifs is 5. The van der Waals surface area contributed by atoms with Gasteiger partial charge in [-0.3, -0.25) is 0 Å². The van der Waals surface area contributed by atoms with Crippen molar-refractivity contribution in [2.75, 3.05) is 0 Å². The number of hydrogen-bond acceptors (Lipinski definition) is 3. The van der Waals surface area contributed by atoms with Crippen molar-refractivity contribution in [3.05, 3.63) is 36.5 Å². The maximum absolute atomic E-state index is 10.5. The molecule has 1 fully saturated rings. The van der Waals surface area contributed by atoms with Crippen LogP contribution < -0.4 is 0 Å². The lowest BCUT2D eigenvalue weighted by molar-refractivity contribution is -0.159. The Hall–Kier alpha value is -1.35. The number of carbonyl (C=O) groups is 1. The van der Waals surface area contributed by atoms with E-state index in [0.717, 1.165) is 23.7 Å². The second kappa shape index (κ2) is 5.74. The quantitative estimate of drug-likeness (QED) is 0.360. The molecule has 0 radical (unpaired) electrons. The van der Waals surface area contributed by atoms with E-state index in [9.17, 15) is 4.79 Å². The van der Waals surface area contributed by atoms with Gasteiger partial charge in [-0.15, -0.1) is 0 Å². The van der Waals surface area contributed by atoms with Gasteiger partial charge in [0.2, 0.25) is 0 Å². The molecule has 5 atom stereocenters. The molecule has 5 unspecified atom stereocenters. The monoisotopic (exact) mass is 262 g/mol. The van der Waals surface area contributed by atoms with Gasteiger partial charge < -0.3 is 9.84 Å². The van der Waals surface area contributed by atoms with Gasteiger partial charge in [-0.25, -0.2) is 4.79 Å². The molecule has 0 aliphatic heterocycles. The third-order valence-electron chi connectivity index (χ3n) is 4.08. The van der Waals surface area contributed by atoms with Gasteiger partial charge in [-0.05, 0) is 50.4 Å². The SMILES string of the molecule is C1=CC2C3C=CC(C3)C2C1.C=C(C)C(=O)OC(C)O. The molecule has 3 rings (SSSR count). The first-order chi connectivity index (χ1) is 8.99. The molecule has 3 aliphatic rings. The van der Waals surface area contributed by atoms with Crippen LogP contribution in [0.25, 0.3) is 0 Å². The Morgan fingerprint density at radius 1 is 1.37 bits per heavy atom. The molecular weight excluding hydrogens is 240 g/mol. The lowest BCUT2D eigenvalue weighted by Crippen LogP contribution is -2.13. The highest BCUT2D eigenvalue weighted by Crippen LogP contribution is 2.52. The Kier molecular flexibility index (Phi) is 4.25. The summed E-state index contributed by atoms with van der Waals surface area (Å²) < 4.78 is 4.33. The van der Waals surface area contributed by atoms with Crippen LogP contribution in [0.1, 0.15) is 26.7 Å². The molecule has 19 heavy (non-hydrogen) atoms. The van der Waals surface area contributed by atoms with Crippen LogP contribution >= 0.6 is 0 Å². The van der Waals surface area contributed by atoms with Gasteiger partial charge in [-0.2, -0.15) is 0 Å². The Morgan fingerprint density at radius 2 is 2.05 bits per heavy atom. The molecule has 0 aromatic heterocycles. The maximum atomic E-state index is 10.5. The number of ether oxygens (including phenoxy) is 1. The minimum Gasteiger partial charge on any atom is -0.433 e. The fourth-order valence-corrected chi connectivity index (χ4v) is 3.23. The van der Waals surface area contributed by atoms with Crippen LogP contribution in [-0.4, -0.2) is 17.4 Å². The smallest absolute Gasteiger partial charge is 0.335 e. The van der Waals surface area contributed by atoms with Crippen LogP contribution in [0.4, 0.5) is 0 Å². The van der Waals surface area contributed by atoms with Crippen LogP contribution in [0.2, 0.25) is 0 Å². The number of rotatable bonds is 2. The summed E-state index contributed by atoms with van der Waals surface area (Å²) in [5.41, 5.74) is 0.288. The summed E-state index contributed by atoms with van der Waals surface area (Å²) >= 11 is 0. The molecule has 0 spiro atoms. The molecule has 0 aromatic carbocycles. The summed E-state index contributed by atoms with van der Waals surface area (Å²) in [4.78, 5) is 10.5. The second-order valence-corrected chi connectivity index (χ2v) is 5.64. The van der Waals surface area contributed by atoms with E-state index in [2.05, 4.69) is 35.6 Å². The zero-order chi connectivity index (χ0) is 14.0. The molecule has 2 bridgehead atoms. The van der Waals surface area contributed by atoms with E-state index in [1.54, 1.807) is 0 Å². The van der Waals surface area contributed by atoms with Crippen molar-refractivity contribution < 1.29 is 14.6 Å². The highest BCUT2D eigenvalue weighted by molar-refractivity contribution is 5.86. The van der Waals surface area contributed by atoms with E-state index in [4.69, 9.17) is 5.11 Å². The molecule has 3 nitrogen and oxygen atoms in total. The third kappa shape index (κ3) is 3.16. The highest BCUT2D eigenvalue weighted by atomic mass is 16.6. The zero-order valence-corrected chi connectivity index (χ0v) is 11.6. The predicted molar refractivity (Wildman–Crippen MR) is 74.1 cm³/mol. The second-order valence-electron chi connectivity index (χ2n) is 5.64. The lowest BCUT2D eigenvalue weighted by Gasteiger charge is -2.18. The molecule has 1 saturated carbocycles. The summed E-state index contributed by atoms with van der Waals surface area (Å²) in [6, 6.07) is 0. The van der Waals surface area contributed by atoms with Crippen molar-refractivity contribution in [2.45, 2.75) is 33.0 Å². The average molecular weight is 262 g/mol. The number of allylic oxidation sites excluding steroid dienone is 4. The topological polar surface area (TPSA) is 46.5 Å². The Bertz CT molecular complexity index is 420. The highest BCUT2D eigenvalue weighted by Gasteiger charge is 2.44. The fourth-order valence-electron chi connectivity index (χ4n) is 3.23. The summed E-state index contributed by atoms with van der Waals surface area (Å²) in [6.45, 7) is 6.20. The van der Waals surface area contributed by atoms with Gasteiger partial charge in [-0.1, -0.05) is 30.9 Å².